The Morgan fingerprint density at radius 3 is 2.70 bits per heavy atom. The van der Waals surface area contributed by atoms with Crippen LogP contribution in [-0.2, 0) is 16.0 Å². The molecule has 0 amide bonds. The van der Waals surface area contributed by atoms with E-state index < -0.39 is 0 Å². The van der Waals surface area contributed by atoms with Crippen LogP contribution in [0.15, 0.2) is 41.5 Å². The second-order valence-electron chi connectivity index (χ2n) is 10.9. The molecule has 162 valence electrons. The lowest BCUT2D eigenvalue weighted by Crippen LogP contribution is -3.14. The number of hydrogen-bond acceptors (Lipinski definition) is 2. The van der Waals surface area contributed by atoms with Crippen LogP contribution in [0.25, 0.3) is 0 Å². The first kappa shape index (κ1) is 20.3. The molecule has 0 unspecified atom stereocenters. The highest BCUT2D eigenvalue weighted by atomic mass is 16.6. The van der Waals surface area contributed by atoms with Crippen molar-refractivity contribution in [2.75, 3.05) is 19.6 Å². The van der Waals surface area contributed by atoms with E-state index in [0.29, 0.717) is 5.92 Å². The molecule has 1 aromatic carbocycles. The summed E-state index contributed by atoms with van der Waals surface area (Å²) in [7, 11) is 0. The molecular weight excluding hydrogens is 370 g/mol. The van der Waals surface area contributed by atoms with Crippen LogP contribution in [0, 0.1) is 23.2 Å². The molecule has 3 heteroatoms. The van der Waals surface area contributed by atoms with Gasteiger partial charge in [0.2, 0.25) is 0 Å². The van der Waals surface area contributed by atoms with Gasteiger partial charge < -0.3 is 9.64 Å². The van der Waals surface area contributed by atoms with Gasteiger partial charge in [-0.05, 0) is 75.2 Å². The maximum absolute atomic E-state index is 12.9. The topological polar surface area (TPSA) is 30.7 Å². The first-order valence-corrected chi connectivity index (χ1v) is 12.3. The first-order valence-electron chi connectivity index (χ1n) is 12.3. The van der Waals surface area contributed by atoms with Crippen LogP contribution in [0.4, 0.5) is 0 Å². The van der Waals surface area contributed by atoms with Crippen molar-refractivity contribution in [3.63, 3.8) is 0 Å². The quantitative estimate of drug-likeness (QED) is 0.603. The van der Waals surface area contributed by atoms with E-state index in [0.717, 1.165) is 25.3 Å². The minimum atomic E-state index is 0.101. The molecule has 0 aromatic heterocycles. The molecule has 2 heterocycles. The Kier molecular flexibility index (Phi) is 5.51. The standard InChI is InChI=1S/C27H37NO2/c1-19-7-6-12-27(2)17-25-22(16-24(19)27)23(26(29)30-25)18-28-13-10-21(11-14-28)15-20-8-4-3-5-9-20/h3-5,8-9,21-23,25H,6-7,10-18H2,1-2H3/p+1/t22-,23+,25-,27-/m1/s1. The van der Waals surface area contributed by atoms with Gasteiger partial charge in [0, 0.05) is 5.92 Å². The monoisotopic (exact) mass is 408 g/mol. The van der Waals surface area contributed by atoms with Crippen LogP contribution in [0.2, 0.25) is 0 Å². The Morgan fingerprint density at radius 1 is 1.17 bits per heavy atom. The van der Waals surface area contributed by atoms with Gasteiger partial charge in [-0.15, -0.1) is 0 Å². The summed E-state index contributed by atoms with van der Waals surface area (Å²) in [5, 5.41) is 0. The van der Waals surface area contributed by atoms with Crippen molar-refractivity contribution in [3.8, 4) is 0 Å². The van der Waals surface area contributed by atoms with Gasteiger partial charge in [0.25, 0.3) is 0 Å². The van der Waals surface area contributed by atoms with E-state index in [1.165, 1.54) is 57.2 Å². The molecule has 3 nitrogen and oxygen atoms in total. The molecular formula is C27H38NO2+. The van der Waals surface area contributed by atoms with E-state index in [1.807, 2.05) is 0 Å². The average molecular weight is 409 g/mol. The fourth-order valence-corrected chi connectivity index (χ4v) is 7.10. The third kappa shape index (κ3) is 3.86. The molecule has 1 saturated carbocycles. The number of piperidine rings is 1. The van der Waals surface area contributed by atoms with Gasteiger partial charge in [0.05, 0.1) is 19.6 Å². The number of esters is 1. The van der Waals surface area contributed by atoms with E-state index in [9.17, 15) is 4.79 Å². The lowest BCUT2D eigenvalue weighted by Gasteiger charge is -2.45. The number of hydrogen-bond donors (Lipinski definition) is 1. The highest BCUT2D eigenvalue weighted by molar-refractivity contribution is 5.75. The zero-order chi connectivity index (χ0) is 20.7. The molecule has 1 N–H and O–H groups in total. The van der Waals surface area contributed by atoms with Crippen LogP contribution in [0.1, 0.15) is 64.4 Å². The number of ether oxygens (including phenoxy) is 1. The molecule has 2 aliphatic heterocycles. The summed E-state index contributed by atoms with van der Waals surface area (Å²) in [5.41, 5.74) is 5.03. The highest BCUT2D eigenvalue weighted by Gasteiger charge is 2.54. The predicted molar refractivity (Wildman–Crippen MR) is 119 cm³/mol. The van der Waals surface area contributed by atoms with Crippen molar-refractivity contribution in [2.45, 2.75) is 71.3 Å². The molecule has 0 bridgehead atoms. The Balaban J connectivity index is 1.20. The van der Waals surface area contributed by atoms with Crippen molar-refractivity contribution in [2.24, 2.45) is 23.2 Å². The second-order valence-corrected chi connectivity index (χ2v) is 10.9. The van der Waals surface area contributed by atoms with Gasteiger partial charge in [0.15, 0.2) is 0 Å². The van der Waals surface area contributed by atoms with Crippen LogP contribution in [-0.4, -0.2) is 31.7 Å². The number of nitrogens with one attached hydrogen (secondary N) is 1. The van der Waals surface area contributed by atoms with Crippen molar-refractivity contribution in [1.82, 2.24) is 0 Å². The molecule has 2 saturated heterocycles. The molecule has 4 aliphatic rings. The Bertz CT molecular complexity index is 807. The number of likely N-dealkylation sites (tertiary alicyclic amines) is 1. The van der Waals surface area contributed by atoms with Gasteiger partial charge in [-0.3, -0.25) is 4.79 Å². The Hall–Kier alpha value is -1.61. The summed E-state index contributed by atoms with van der Waals surface area (Å²) in [6.07, 6.45) is 9.91. The lowest BCUT2D eigenvalue weighted by atomic mass is 9.59. The Labute approximate surface area is 181 Å². The molecule has 30 heavy (non-hydrogen) atoms. The van der Waals surface area contributed by atoms with Crippen molar-refractivity contribution in [3.05, 3.63) is 47.0 Å². The van der Waals surface area contributed by atoms with Gasteiger partial charge in [0.1, 0.15) is 12.0 Å². The zero-order valence-corrected chi connectivity index (χ0v) is 18.8. The molecule has 2 aliphatic carbocycles. The average Bonchev–Trinajstić information content (AvgIpc) is 3.02. The first-order chi connectivity index (χ1) is 14.5. The van der Waals surface area contributed by atoms with Gasteiger partial charge >= 0.3 is 5.97 Å². The molecule has 3 fully saturated rings. The Morgan fingerprint density at radius 2 is 1.93 bits per heavy atom. The van der Waals surface area contributed by atoms with Gasteiger partial charge in [-0.25, -0.2) is 0 Å². The third-order valence-corrected chi connectivity index (χ3v) is 8.87. The molecule has 0 spiro atoms. The summed E-state index contributed by atoms with van der Waals surface area (Å²) in [6, 6.07) is 10.9. The molecule has 5 rings (SSSR count). The number of benzene rings is 1. The minimum Gasteiger partial charge on any atom is -0.462 e. The normalized spacial score (nSPS) is 38.7. The van der Waals surface area contributed by atoms with E-state index in [2.05, 4.69) is 44.2 Å². The summed E-state index contributed by atoms with van der Waals surface area (Å²) in [4.78, 5) is 14.5. The number of quaternary nitrogens is 1. The van der Waals surface area contributed by atoms with Crippen LogP contribution in [0.3, 0.4) is 0 Å². The number of carbonyl (C=O) groups excluding carboxylic acids is 1. The van der Waals surface area contributed by atoms with E-state index in [4.69, 9.17) is 4.74 Å². The predicted octanol–water partition coefficient (Wildman–Crippen LogP) is 3.98. The maximum Gasteiger partial charge on any atom is 0.315 e. The summed E-state index contributed by atoms with van der Waals surface area (Å²) >= 11 is 0. The molecule has 0 radical (unpaired) electrons. The number of fused-ring (bicyclic) bond motifs is 2. The molecule has 4 atom stereocenters. The zero-order valence-electron chi connectivity index (χ0n) is 18.8. The number of allylic oxidation sites excluding steroid dienone is 2. The highest BCUT2D eigenvalue weighted by Crippen LogP contribution is 2.54. The van der Waals surface area contributed by atoms with Gasteiger partial charge in [-0.2, -0.15) is 0 Å². The fraction of sp³-hybridized carbons (Fsp3) is 0.667. The maximum atomic E-state index is 12.9. The number of carbonyl (C=O) groups is 1. The van der Waals surface area contributed by atoms with Crippen LogP contribution >= 0.6 is 0 Å². The summed E-state index contributed by atoms with van der Waals surface area (Å²) in [6.45, 7) is 8.16. The van der Waals surface area contributed by atoms with Gasteiger partial charge in [-0.1, -0.05) is 48.4 Å². The van der Waals surface area contributed by atoms with Crippen molar-refractivity contribution < 1.29 is 14.4 Å². The molecule has 1 aromatic rings. The summed E-state index contributed by atoms with van der Waals surface area (Å²) < 4.78 is 5.99. The smallest absolute Gasteiger partial charge is 0.315 e. The number of rotatable bonds is 4. The second kappa shape index (κ2) is 8.15. The van der Waals surface area contributed by atoms with Crippen molar-refractivity contribution >= 4 is 5.97 Å². The van der Waals surface area contributed by atoms with E-state index in [-0.39, 0.29) is 23.4 Å². The van der Waals surface area contributed by atoms with Crippen LogP contribution < -0.4 is 4.90 Å². The largest absolute Gasteiger partial charge is 0.462 e. The van der Waals surface area contributed by atoms with E-state index in [1.54, 1.807) is 16.0 Å². The van der Waals surface area contributed by atoms with Crippen LogP contribution in [0.5, 0.6) is 0 Å². The fourth-order valence-electron chi connectivity index (χ4n) is 7.10. The third-order valence-electron chi connectivity index (χ3n) is 8.87. The minimum absolute atomic E-state index is 0.101. The van der Waals surface area contributed by atoms with Crippen molar-refractivity contribution in [1.29, 1.82) is 0 Å². The lowest BCUT2D eigenvalue weighted by molar-refractivity contribution is -0.908. The SMILES string of the molecule is CC1=C2C[C@@H]3[C@H](C[NH+]4CCC(Cc5ccccc5)CC4)C(=O)O[C@@H]3C[C@@]2(C)CCC1. The van der Waals surface area contributed by atoms with E-state index >= 15 is 0 Å². The summed E-state index contributed by atoms with van der Waals surface area (Å²) in [5.74, 6) is 1.43.